The topological polar surface area (TPSA) is 67.8 Å². The first-order chi connectivity index (χ1) is 13.7. The Kier molecular flexibility index (Phi) is 4.07. The third-order valence-electron chi connectivity index (χ3n) is 5.69. The number of hydrogen-bond acceptors (Lipinski definition) is 4. The Balaban J connectivity index is 1.27. The van der Waals surface area contributed by atoms with Crippen LogP contribution in [0.5, 0.6) is 0 Å². The van der Waals surface area contributed by atoms with E-state index in [-0.39, 0.29) is 5.91 Å². The zero-order valence-electron chi connectivity index (χ0n) is 15.8. The number of pyridine rings is 2. The van der Waals surface area contributed by atoms with E-state index in [9.17, 15) is 4.79 Å². The number of piperidine rings is 1. The predicted octanol–water partition coefficient (Wildman–Crippen LogP) is 2.63. The second-order valence-electron chi connectivity index (χ2n) is 7.45. The highest BCUT2D eigenvalue weighted by atomic mass is 16.2. The summed E-state index contributed by atoms with van der Waals surface area (Å²) in [6.45, 7) is 3.54. The molecule has 5 heterocycles. The van der Waals surface area contributed by atoms with Crippen LogP contribution in [0.1, 0.15) is 35.8 Å². The number of hydrogen-bond donors (Lipinski definition) is 0. The average Bonchev–Trinajstić information content (AvgIpc) is 3.33. The van der Waals surface area contributed by atoms with Crippen molar-refractivity contribution < 1.29 is 4.79 Å². The Labute approximate surface area is 162 Å². The maximum Gasteiger partial charge on any atom is 0.228 e. The lowest BCUT2D eigenvalue weighted by molar-refractivity contribution is -0.131. The summed E-state index contributed by atoms with van der Waals surface area (Å²) in [7, 11) is 0. The van der Waals surface area contributed by atoms with Crippen LogP contribution in [0.15, 0.2) is 48.9 Å². The van der Waals surface area contributed by atoms with Crippen molar-refractivity contribution in [3.05, 3.63) is 66.0 Å². The standard InChI is InChI=1S/C21H22N6O/c1-15-5-4-10-26-17(14-22-20(15)26)13-19(28)25-11-7-16(8-12-25)21-24-23-18-6-2-3-9-27(18)21/h2-6,9-10,14,16H,7-8,11-13H2,1H3. The van der Waals surface area contributed by atoms with Gasteiger partial charge < -0.3 is 9.30 Å². The first-order valence-electron chi connectivity index (χ1n) is 9.70. The van der Waals surface area contributed by atoms with Gasteiger partial charge in [0.15, 0.2) is 5.65 Å². The summed E-state index contributed by atoms with van der Waals surface area (Å²) in [5, 5.41) is 8.65. The quantitative estimate of drug-likeness (QED) is 0.553. The van der Waals surface area contributed by atoms with E-state index in [0.29, 0.717) is 12.3 Å². The minimum absolute atomic E-state index is 0.160. The third kappa shape index (κ3) is 2.83. The van der Waals surface area contributed by atoms with Crippen molar-refractivity contribution in [1.82, 2.24) is 28.9 Å². The molecule has 0 aromatic carbocycles. The number of aromatic nitrogens is 5. The number of amides is 1. The molecule has 0 radical (unpaired) electrons. The lowest BCUT2D eigenvalue weighted by Crippen LogP contribution is -2.39. The summed E-state index contributed by atoms with van der Waals surface area (Å²) < 4.78 is 4.07. The first kappa shape index (κ1) is 16.9. The fraction of sp³-hybridized carbons (Fsp3) is 0.333. The van der Waals surface area contributed by atoms with Crippen LogP contribution in [0.4, 0.5) is 0 Å². The molecule has 142 valence electrons. The van der Waals surface area contributed by atoms with Crippen LogP contribution in [0.2, 0.25) is 0 Å². The van der Waals surface area contributed by atoms with E-state index in [1.165, 1.54) is 0 Å². The number of nitrogens with zero attached hydrogens (tertiary/aromatic N) is 6. The van der Waals surface area contributed by atoms with E-state index >= 15 is 0 Å². The zero-order chi connectivity index (χ0) is 19.1. The van der Waals surface area contributed by atoms with Crippen molar-refractivity contribution in [2.45, 2.75) is 32.1 Å². The smallest absolute Gasteiger partial charge is 0.228 e. The molecule has 0 saturated carbocycles. The van der Waals surface area contributed by atoms with Gasteiger partial charge in [0.2, 0.25) is 5.91 Å². The van der Waals surface area contributed by atoms with Crippen LogP contribution in [0, 0.1) is 6.92 Å². The highest BCUT2D eigenvalue weighted by Crippen LogP contribution is 2.27. The van der Waals surface area contributed by atoms with Crippen LogP contribution in [-0.2, 0) is 11.2 Å². The van der Waals surface area contributed by atoms with Gasteiger partial charge in [0.05, 0.1) is 12.1 Å². The van der Waals surface area contributed by atoms with E-state index < -0.39 is 0 Å². The molecule has 0 atom stereocenters. The number of likely N-dealkylation sites (tertiary alicyclic amines) is 1. The minimum atomic E-state index is 0.160. The van der Waals surface area contributed by atoms with E-state index in [1.54, 1.807) is 0 Å². The number of fused-ring (bicyclic) bond motifs is 2. The van der Waals surface area contributed by atoms with Crippen molar-refractivity contribution in [1.29, 1.82) is 0 Å². The Bertz CT molecular complexity index is 1150. The van der Waals surface area contributed by atoms with E-state index in [1.807, 2.05) is 65.1 Å². The van der Waals surface area contributed by atoms with Crippen LogP contribution in [0.3, 0.4) is 0 Å². The molecule has 0 unspecified atom stereocenters. The molecule has 7 nitrogen and oxygen atoms in total. The Hall–Kier alpha value is -3.22. The molecule has 5 rings (SSSR count). The minimum Gasteiger partial charge on any atom is -0.342 e. The molecule has 1 aliphatic rings. The Morgan fingerprint density at radius 3 is 2.75 bits per heavy atom. The molecule has 0 aliphatic carbocycles. The van der Waals surface area contributed by atoms with Gasteiger partial charge in [0.25, 0.3) is 0 Å². The van der Waals surface area contributed by atoms with Gasteiger partial charge in [0.1, 0.15) is 11.5 Å². The third-order valence-corrected chi connectivity index (χ3v) is 5.69. The molecule has 4 aromatic heterocycles. The van der Waals surface area contributed by atoms with Gasteiger partial charge in [-0.1, -0.05) is 12.1 Å². The van der Waals surface area contributed by atoms with Gasteiger partial charge in [-0.2, -0.15) is 0 Å². The molecular weight excluding hydrogens is 352 g/mol. The fourth-order valence-corrected chi connectivity index (χ4v) is 4.13. The van der Waals surface area contributed by atoms with E-state index in [2.05, 4.69) is 19.6 Å². The Morgan fingerprint density at radius 2 is 1.89 bits per heavy atom. The molecule has 28 heavy (non-hydrogen) atoms. The summed E-state index contributed by atoms with van der Waals surface area (Å²) in [6.07, 6.45) is 8.00. The highest BCUT2D eigenvalue weighted by Gasteiger charge is 2.27. The lowest BCUT2D eigenvalue weighted by atomic mass is 9.95. The van der Waals surface area contributed by atoms with Gasteiger partial charge in [0, 0.05) is 37.6 Å². The first-order valence-corrected chi connectivity index (χ1v) is 9.70. The van der Waals surface area contributed by atoms with Gasteiger partial charge in [-0.3, -0.25) is 9.20 Å². The molecule has 0 bridgehead atoms. The number of carbonyl (C=O) groups excluding carboxylic acids is 1. The summed E-state index contributed by atoms with van der Waals surface area (Å²) >= 11 is 0. The van der Waals surface area contributed by atoms with Gasteiger partial charge >= 0.3 is 0 Å². The Morgan fingerprint density at radius 1 is 1.07 bits per heavy atom. The molecular formula is C21H22N6O. The molecule has 1 fully saturated rings. The molecule has 1 aliphatic heterocycles. The maximum atomic E-state index is 12.9. The van der Waals surface area contributed by atoms with Crippen molar-refractivity contribution in [3.8, 4) is 0 Å². The van der Waals surface area contributed by atoms with E-state index in [0.717, 1.165) is 54.3 Å². The SMILES string of the molecule is Cc1cccn2c(CC(=O)N3CCC(c4nnc5ccccn45)CC3)cnc12. The van der Waals surface area contributed by atoms with Crippen LogP contribution < -0.4 is 0 Å². The monoisotopic (exact) mass is 374 g/mol. The predicted molar refractivity (Wildman–Crippen MR) is 105 cm³/mol. The molecule has 7 heteroatoms. The fourth-order valence-electron chi connectivity index (χ4n) is 4.13. The number of aryl methyl sites for hydroxylation is 1. The molecule has 0 spiro atoms. The van der Waals surface area contributed by atoms with E-state index in [4.69, 9.17) is 0 Å². The van der Waals surface area contributed by atoms with Gasteiger partial charge in [-0.05, 0) is 43.5 Å². The van der Waals surface area contributed by atoms with Crippen molar-refractivity contribution >= 4 is 17.2 Å². The summed E-state index contributed by atoms with van der Waals surface area (Å²) in [4.78, 5) is 19.3. The second-order valence-corrected chi connectivity index (χ2v) is 7.45. The average molecular weight is 374 g/mol. The number of rotatable bonds is 3. The normalized spacial score (nSPS) is 15.5. The lowest BCUT2D eigenvalue weighted by Gasteiger charge is -2.31. The molecule has 0 N–H and O–H groups in total. The number of carbonyl (C=O) groups is 1. The summed E-state index contributed by atoms with van der Waals surface area (Å²) in [6, 6.07) is 9.96. The van der Waals surface area contributed by atoms with Crippen LogP contribution in [0.25, 0.3) is 11.3 Å². The summed E-state index contributed by atoms with van der Waals surface area (Å²) in [5.41, 5.74) is 3.85. The summed E-state index contributed by atoms with van der Waals surface area (Å²) in [5.74, 6) is 1.49. The highest BCUT2D eigenvalue weighted by molar-refractivity contribution is 5.78. The molecule has 1 saturated heterocycles. The van der Waals surface area contributed by atoms with Crippen LogP contribution >= 0.6 is 0 Å². The van der Waals surface area contributed by atoms with Crippen molar-refractivity contribution in [2.75, 3.05) is 13.1 Å². The second kappa shape index (κ2) is 6.74. The number of imidazole rings is 1. The molecule has 1 amide bonds. The molecule has 4 aromatic rings. The van der Waals surface area contributed by atoms with Crippen LogP contribution in [-0.4, -0.2) is 47.9 Å². The zero-order valence-corrected chi connectivity index (χ0v) is 15.8. The maximum absolute atomic E-state index is 12.9. The largest absolute Gasteiger partial charge is 0.342 e. The van der Waals surface area contributed by atoms with Gasteiger partial charge in [-0.15, -0.1) is 10.2 Å². The van der Waals surface area contributed by atoms with Gasteiger partial charge in [-0.25, -0.2) is 4.98 Å². The van der Waals surface area contributed by atoms with Crippen molar-refractivity contribution in [3.63, 3.8) is 0 Å². The van der Waals surface area contributed by atoms with Crippen molar-refractivity contribution in [2.24, 2.45) is 0 Å².